The van der Waals surface area contributed by atoms with Gasteiger partial charge in [-0.25, -0.2) is 9.97 Å². The highest BCUT2D eigenvalue weighted by molar-refractivity contribution is 5.75. The quantitative estimate of drug-likeness (QED) is 0.747. The van der Waals surface area contributed by atoms with Gasteiger partial charge in [-0.1, -0.05) is 0 Å². The minimum atomic E-state index is -0.334. The average Bonchev–Trinajstić information content (AvgIpc) is 2.35. The first-order valence-electron chi connectivity index (χ1n) is 6.16. The van der Waals surface area contributed by atoms with Crippen LogP contribution in [0.15, 0.2) is 6.07 Å². The molecule has 0 aliphatic carbocycles. The fourth-order valence-electron chi connectivity index (χ4n) is 1.57. The third kappa shape index (κ3) is 4.21. The topological polar surface area (TPSA) is 79.1 Å². The van der Waals surface area contributed by atoms with Gasteiger partial charge in [-0.2, -0.15) is 5.26 Å². The average molecular weight is 262 g/mol. The molecular weight excluding hydrogens is 244 g/mol. The van der Waals surface area contributed by atoms with Crippen LogP contribution in [0.2, 0.25) is 0 Å². The zero-order chi connectivity index (χ0) is 14.4. The van der Waals surface area contributed by atoms with Crippen LogP contribution in [-0.2, 0) is 9.53 Å². The molecule has 0 unspecified atom stereocenters. The lowest BCUT2D eigenvalue weighted by molar-refractivity contribution is -0.141. The molecule has 0 amide bonds. The molecule has 6 nitrogen and oxygen atoms in total. The SMILES string of the molecule is CCOC(=O)CN(c1nc(C)cc(C#N)n1)C(C)C. The lowest BCUT2D eigenvalue weighted by atomic mass is 10.3. The number of carbonyl (C=O) groups excluding carboxylic acids is 1. The van der Waals surface area contributed by atoms with Crippen LogP contribution < -0.4 is 4.90 Å². The summed E-state index contributed by atoms with van der Waals surface area (Å²) < 4.78 is 4.93. The van der Waals surface area contributed by atoms with E-state index in [1.807, 2.05) is 19.9 Å². The van der Waals surface area contributed by atoms with Crippen molar-refractivity contribution in [2.24, 2.45) is 0 Å². The van der Waals surface area contributed by atoms with Gasteiger partial charge in [0.25, 0.3) is 0 Å². The second-order valence-corrected chi connectivity index (χ2v) is 4.33. The van der Waals surface area contributed by atoms with E-state index < -0.39 is 0 Å². The van der Waals surface area contributed by atoms with E-state index in [0.717, 1.165) is 0 Å². The Bertz CT molecular complexity index is 494. The van der Waals surface area contributed by atoms with Crippen LogP contribution in [0.5, 0.6) is 0 Å². The molecular formula is C13H18N4O2. The molecule has 0 aromatic carbocycles. The van der Waals surface area contributed by atoms with Crippen molar-refractivity contribution in [3.05, 3.63) is 17.5 Å². The van der Waals surface area contributed by atoms with Crippen molar-refractivity contribution in [3.8, 4) is 6.07 Å². The van der Waals surface area contributed by atoms with Crippen molar-refractivity contribution >= 4 is 11.9 Å². The van der Waals surface area contributed by atoms with Gasteiger partial charge in [0.05, 0.1) is 6.61 Å². The molecule has 0 saturated carbocycles. The molecule has 1 heterocycles. The maximum atomic E-state index is 11.6. The van der Waals surface area contributed by atoms with E-state index >= 15 is 0 Å². The lowest BCUT2D eigenvalue weighted by Gasteiger charge is -2.25. The smallest absolute Gasteiger partial charge is 0.325 e. The molecule has 1 aromatic rings. The van der Waals surface area contributed by atoms with Crippen LogP contribution in [0.25, 0.3) is 0 Å². The number of nitrogens with zero attached hydrogens (tertiary/aromatic N) is 4. The van der Waals surface area contributed by atoms with Crippen LogP contribution in [-0.4, -0.2) is 35.1 Å². The van der Waals surface area contributed by atoms with Crippen LogP contribution in [0.3, 0.4) is 0 Å². The standard InChI is InChI=1S/C13H18N4O2/c1-5-19-12(18)8-17(9(2)3)13-15-10(4)6-11(7-14)16-13/h6,9H,5,8H2,1-4H3. The van der Waals surface area contributed by atoms with E-state index in [2.05, 4.69) is 9.97 Å². The number of aryl methyl sites for hydroxylation is 1. The Morgan fingerprint density at radius 1 is 1.53 bits per heavy atom. The normalized spacial score (nSPS) is 10.1. The summed E-state index contributed by atoms with van der Waals surface area (Å²) in [5, 5.41) is 8.92. The van der Waals surface area contributed by atoms with Crippen molar-refractivity contribution in [2.75, 3.05) is 18.1 Å². The summed E-state index contributed by atoms with van der Waals surface area (Å²) in [5.74, 6) is 0.0411. The second kappa shape index (κ2) is 6.69. The third-order valence-electron chi connectivity index (χ3n) is 2.44. The summed E-state index contributed by atoms with van der Waals surface area (Å²) in [6, 6.07) is 3.62. The van der Waals surface area contributed by atoms with Gasteiger partial charge in [-0.3, -0.25) is 4.79 Å². The Hall–Kier alpha value is -2.16. The van der Waals surface area contributed by atoms with Gasteiger partial charge in [0.2, 0.25) is 5.95 Å². The van der Waals surface area contributed by atoms with Crippen molar-refractivity contribution in [1.82, 2.24) is 9.97 Å². The van der Waals surface area contributed by atoms with E-state index in [1.54, 1.807) is 24.8 Å². The van der Waals surface area contributed by atoms with Crippen LogP contribution in [0.1, 0.15) is 32.2 Å². The van der Waals surface area contributed by atoms with E-state index in [4.69, 9.17) is 10.00 Å². The molecule has 0 atom stereocenters. The van der Waals surface area contributed by atoms with E-state index in [1.165, 1.54) is 0 Å². The van der Waals surface area contributed by atoms with Gasteiger partial charge in [0, 0.05) is 11.7 Å². The molecule has 0 radical (unpaired) electrons. The minimum Gasteiger partial charge on any atom is -0.465 e. The highest BCUT2D eigenvalue weighted by atomic mass is 16.5. The monoisotopic (exact) mass is 262 g/mol. The Morgan fingerprint density at radius 2 is 2.21 bits per heavy atom. The maximum absolute atomic E-state index is 11.6. The van der Waals surface area contributed by atoms with E-state index in [-0.39, 0.29) is 24.2 Å². The van der Waals surface area contributed by atoms with Crippen molar-refractivity contribution in [1.29, 1.82) is 5.26 Å². The van der Waals surface area contributed by atoms with Crippen LogP contribution >= 0.6 is 0 Å². The second-order valence-electron chi connectivity index (χ2n) is 4.33. The molecule has 6 heteroatoms. The molecule has 0 bridgehead atoms. The summed E-state index contributed by atoms with van der Waals surface area (Å²) in [7, 11) is 0. The van der Waals surface area contributed by atoms with Gasteiger partial charge in [-0.15, -0.1) is 0 Å². The number of hydrogen-bond acceptors (Lipinski definition) is 6. The number of aromatic nitrogens is 2. The van der Waals surface area contributed by atoms with E-state index in [0.29, 0.717) is 18.2 Å². The highest BCUT2D eigenvalue weighted by Crippen LogP contribution is 2.13. The Balaban J connectivity index is 3.03. The molecule has 0 aliphatic heterocycles. The van der Waals surface area contributed by atoms with Crippen molar-refractivity contribution in [2.45, 2.75) is 33.7 Å². The molecule has 0 fully saturated rings. The zero-order valence-electron chi connectivity index (χ0n) is 11.7. The van der Waals surface area contributed by atoms with Gasteiger partial charge in [0.15, 0.2) is 0 Å². The predicted octanol–water partition coefficient (Wildman–Crippen LogP) is 1.43. The number of anilines is 1. The molecule has 0 N–H and O–H groups in total. The molecule has 0 aliphatic rings. The Labute approximate surface area is 113 Å². The fourth-order valence-corrected chi connectivity index (χ4v) is 1.57. The first-order valence-corrected chi connectivity index (χ1v) is 6.16. The van der Waals surface area contributed by atoms with Crippen LogP contribution in [0.4, 0.5) is 5.95 Å². The lowest BCUT2D eigenvalue weighted by Crippen LogP contribution is -2.38. The number of hydrogen-bond donors (Lipinski definition) is 0. The molecule has 1 aromatic heterocycles. The largest absolute Gasteiger partial charge is 0.465 e. The number of esters is 1. The Kier molecular flexibility index (Phi) is 5.24. The summed E-state index contributed by atoms with van der Waals surface area (Å²) >= 11 is 0. The van der Waals surface area contributed by atoms with Gasteiger partial charge < -0.3 is 9.64 Å². The molecule has 1 rings (SSSR count). The zero-order valence-corrected chi connectivity index (χ0v) is 11.7. The first-order chi connectivity index (χ1) is 8.97. The molecule has 102 valence electrons. The molecule has 0 spiro atoms. The van der Waals surface area contributed by atoms with Gasteiger partial charge >= 0.3 is 5.97 Å². The third-order valence-corrected chi connectivity index (χ3v) is 2.44. The molecule has 19 heavy (non-hydrogen) atoms. The Morgan fingerprint density at radius 3 is 2.74 bits per heavy atom. The minimum absolute atomic E-state index is 0.0257. The molecule has 0 saturated heterocycles. The summed E-state index contributed by atoms with van der Waals surface area (Å²) in [4.78, 5) is 21.7. The fraction of sp³-hybridized carbons (Fsp3) is 0.538. The summed E-state index contributed by atoms with van der Waals surface area (Å²) in [6.07, 6.45) is 0. The number of rotatable bonds is 5. The number of ether oxygens (including phenoxy) is 1. The number of carbonyl (C=O) groups is 1. The first kappa shape index (κ1) is 14.9. The van der Waals surface area contributed by atoms with E-state index in [9.17, 15) is 4.79 Å². The van der Waals surface area contributed by atoms with Crippen LogP contribution in [0, 0.1) is 18.3 Å². The summed E-state index contributed by atoms with van der Waals surface area (Å²) in [5.41, 5.74) is 0.980. The predicted molar refractivity (Wildman–Crippen MR) is 70.6 cm³/mol. The van der Waals surface area contributed by atoms with Crippen molar-refractivity contribution in [3.63, 3.8) is 0 Å². The van der Waals surface area contributed by atoms with Crippen molar-refractivity contribution < 1.29 is 9.53 Å². The highest BCUT2D eigenvalue weighted by Gasteiger charge is 2.19. The van der Waals surface area contributed by atoms with Gasteiger partial charge in [-0.05, 0) is 33.8 Å². The number of nitriles is 1. The maximum Gasteiger partial charge on any atom is 0.325 e. The van der Waals surface area contributed by atoms with Gasteiger partial charge in [0.1, 0.15) is 18.3 Å². The summed E-state index contributed by atoms with van der Waals surface area (Å²) in [6.45, 7) is 7.81.